The Hall–Kier alpha value is -2.17. The molecule has 1 amide bonds. The van der Waals surface area contributed by atoms with E-state index in [0.29, 0.717) is 12.1 Å². The minimum atomic E-state index is -1.06. The number of nitrogens with zero attached hydrogens (tertiary/aromatic N) is 1. The van der Waals surface area contributed by atoms with Crippen molar-refractivity contribution in [3.05, 3.63) is 35.7 Å². The van der Waals surface area contributed by atoms with Crippen LogP contribution in [0.15, 0.2) is 24.4 Å². The van der Waals surface area contributed by atoms with Gasteiger partial charge in [0.25, 0.3) is 5.91 Å². The first-order valence-electron chi connectivity index (χ1n) is 4.79. The monoisotopic (exact) mass is 220 g/mol. The predicted molar refractivity (Wildman–Crippen MR) is 58.9 cm³/mol. The Kier molecular flexibility index (Phi) is 4.20. The van der Waals surface area contributed by atoms with Gasteiger partial charge in [-0.05, 0) is 19.1 Å². The SMILES string of the molecule is CCNC(=O)c1ncccc1/C=C/C(=O)O. The van der Waals surface area contributed by atoms with E-state index < -0.39 is 5.97 Å². The summed E-state index contributed by atoms with van der Waals surface area (Å²) in [5.41, 5.74) is 0.706. The fraction of sp³-hybridized carbons (Fsp3) is 0.182. The summed E-state index contributed by atoms with van der Waals surface area (Å²) in [4.78, 5) is 25.8. The number of carbonyl (C=O) groups is 2. The molecule has 0 fully saturated rings. The third-order valence-corrected chi connectivity index (χ3v) is 1.80. The van der Waals surface area contributed by atoms with Gasteiger partial charge in [-0.2, -0.15) is 0 Å². The summed E-state index contributed by atoms with van der Waals surface area (Å²) in [6.07, 6.45) is 3.81. The Morgan fingerprint density at radius 3 is 2.94 bits per heavy atom. The van der Waals surface area contributed by atoms with Crippen LogP contribution in [0.2, 0.25) is 0 Å². The molecule has 0 saturated carbocycles. The molecule has 0 aromatic carbocycles. The van der Waals surface area contributed by atoms with Crippen molar-refractivity contribution >= 4 is 18.0 Å². The average molecular weight is 220 g/mol. The zero-order valence-electron chi connectivity index (χ0n) is 8.80. The van der Waals surface area contributed by atoms with Gasteiger partial charge < -0.3 is 10.4 Å². The molecule has 16 heavy (non-hydrogen) atoms. The van der Waals surface area contributed by atoms with Crippen LogP contribution in [0.25, 0.3) is 6.08 Å². The minimum absolute atomic E-state index is 0.224. The van der Waals surface area contributed by atoms with Crippen molar-refractivity contribution in [3.8, 4) is 0 Å². The lowest BCUT2D eigenvalue weighted by Gasteiger charge is -2.03. The van der Waals surface area contributed by atoms with Gasteiger partial charge in [-0.15, -0.1) is 0 Å². The lowest BCUT2D eigenvalue weighted by atomic mass is 10.1. The van der Waals surface area contributed by atoms with Gasteiger partial charge in [0.05, 0.1) is 0 Å². The van der Waals surface area contributed by atoms with Crippen molar-refractivity contribution in [2.24, 2.45) is 0 Å². The molecule has 2 N–H and O–H groups in total. The maximum atomic E-state index is 11.6. The van der Waals surface area contributed by atoms with Crippen molar-refractivity contribution < 1.29 is 14.7 Å². The first-order chi connectivity index (χ1) is 7.65. The van der Waals surface area contributed by atoms with Crippen molar-refractivity contribution in [3.63, 3.8) is 0 Å². The summed E-state index contributed by atoms with van der Waals surface area (Å²) < 4.78 is 0. The van der Waals surface area contributed by atoms with Crippen molar-refractivity contribution in [2.75, 3.05) is 6.54 Å². The first-order valence-corrected chi connectivity index (χ1v) is 4.79. The van der Waals surface area contributed by atoms with Gasteiger partial charge in [-0.1, -0.05) is 6.07 Å². The van der Waals surface area contributed by atoms with E-state index in [4.69, 9.17) is 5.11 Å². The van der Waals surface area contributed by atoms with Crippen LogP contribution in [0.5, 0.6) is 0 Å². The van der Waals surface area contributed by atoms with E-state index in [0.717, 1.165) is 6.08 Å². The number of carboxylic acid groups (broad SMARTS) is 1. The standard InChI is InChI=1S/C11H12N2O3/c1-2-12-11(16)10-8(4-3-7-13-10)5-6-9(14)15/h3-7H,2H2,1H3,(H,12,16)(H,14,15)/b6-5+. The predicted octanol–water partition coefficient (Wildman–Crippen LogP) is 0.929. The fourth-order valence-electron chi connectivity index (χ4n) is 1.15. The summed E-state index contributed by atoms with van der Waals surface area (Å²) in [5.74, 6) is -1.38. The molecule has 0 bridgehead atoms. The molecule has 0 atom stereocenters. The third kappa shape index (κ3) is 3.20. The molecular weight excluding hydrogens is 208 g/mol. The molecule has 1 aromatic heterocycles. The fourth-order valence-corrected chi connectivity index (χ4v) is 1.15. The van der Waals surface area contributed by atoms with Crippen LogP contribution in [0, 0.1) is 0 Å². The lowest BCUT2D eigenvalue weighted by molar-refractivity contribution is -0.131. The van der Waals surface area contributed by atoms with E-state index in [-0.39, 0.29) is 11.6 Å². The molecule has 84 valence electrons. The lowest BCUT2D eigenvalue weighted by Crippen LogP contribution is -2.24. The molecular formula is C11H12N2O3. The number of aliphatic carboxylic acids is 1. The highest BCUT2D eigenvalue weighted by molar-refractivity contribution is 5.97. The summed E-state index contributed by atoms with van der Waals surface area (Å²) in [6, 6.07) is 3.28. The van der Waals surface area contributed by atoms with Crippen LogP contribution >= 0.6 is 0 Å². The van der Waals surface area contributed by atoms with Crippen molar-refractivity contribution in [2.45, 2.75) is 6.92 Å². The number of hydrogen-bond donors (Lipinski definition) is 2. The number of carbonyl (C=O) groups excluding carboxylic acids is 1. The normalized spacial score (nSPS) is 10.3. The zero-order chi connectivity index (χ0) is 12.0. The van der Waals surface area contributed by atoms with E-state index in [1.54, 1.807) is 19.1 Å². The van der Waals surface area contributed by atoms with Crippen LogP contribution in [0.4, 0.5) is 0 Å². The first kappa shape index (κ1) is 11.9. The number of aromatic nitrogens is 1. The Labute approximate surface area is 92.8 Å². The zero-order valence-corrected chi connectivity index (χ0v) is 8.80. The largest absolute Gasteiger partial charge is 0.478 e. The molecule has 1 rings (SSSR count). The highest BCUT2D eigenvalue weighted by Gasteiger charge is 2.09. The highest BCUT2D eigenvalue weighted by atomic mass is 16.4. The second-order valence-corrected chi connectivity index (χ2v) is 2.97. The summed E-state index contributed by atoms with van der Waals surface area (Å²) >= 11 is 0. The summed E-state index contributed by atoms with van der Waals surface area (Å²) in [7, 11) is 0. The third-order valence-electron chi connectivity index (χ3n) is 1.80. The number of nitrogens with one attached hydrogen (secondary N) is 1. The minimum Gasteiger partial charge on any atom is -0.478 e. The molecule has 0 unspecified atom stereocenters. The van der Waals surface area contributed by atoms with Crippen LogP contribution in [0.1, 0.15) is 23.0 Å². The number of rotatable bonds is 4. The molecule has 5 nitrogen and oxygen atoms in total. The van der Waals surface area contributed by atoms with E-state index in [1.807, 2.05) is 0 Å². The average Bonchev–Trinajstić information content (AvgIpc) is 2.27. The Bertz CT molecular complexity index is 427. The summed E-state index contributed by atoms with van der Waals surface area (Å²) in [6.45, 7) is 2.30. The van der Waals surface area contributed by atoms with Crippen LogP contribution in [0.3, 0.4) is 0 Å². The molecule has 0 aliphatic rings. The number of carboxylic acids is 1. The van der Waals surface area contributed by atoms with Crippen LogP contribution in [-0.4, -0.2) is 28.5 Å². The van der Waals surface area contributed by atoms with Gasteiger partial charge in [-0.3, -0.25) is 9.78 Å². The quantitative estimate of drug-likeness (QED) is 0.740. The van der Waals surface area contributed by atoms with Gasteiger partial charge >= 0.3 is 5.97 Å². The number of amides is 1. The molecule has 1 heterocycles. The topological polar surface area (TPSA) is 79.3 Å². The van der Waals surface area contributed by atoms with Crippen LogP contribution < -0.4 is 5.32 Å². The van der Waals surface area contributed by atoms with E-state index in [2.05, 4.69) is 10.3 Å². The summed E-state index contributed by atoms with van der Waals surface area (Å²) in [5, 5.41) is 11.1. The highest BCUT2D eigenvalue weighted by Crippen LogP contribution is 2.07. The maximum absolute atomic E-state index is 11.6. The van der Waals surface area contributed by atoms with E-state index in [1.165, 1.54) is 12.3 Å². The van der Waals surface area contributed by atoms with Gasteiger partial charge in [0.15, 0.2) is 0 Å². The molecule has 0 spiro atoms. The Balaban J connectivity index is 3.00. The molecule has 0 radical (unpaired) electrons. The molecule has 5 heteroatoms. The Morgan fingerprint density at radius 2 is 2.31 bits per heavy atom. The van der Waals surface area contributed by atoms with E-state index in [9.17, 15) is 9.59 Å². The smallest absolute Gasteiger partial charge is 0.328 e. The van der Waals surface area contributed by atoms with Crippen LogP contribution in [-0.2, 0) is 4.79 Å². The molecule has 1 aromatic rings. The second-order valence-electron chi connectivity index (χ2n) is 2.97. The van der Waals surface area contributed by atoms with Gasteiger partial charge in [-0.25, -0.2) is 4.79 Å². The Morgan fingerprint density at radius 1 is 1.56 bits per heavy atom. The van der Waals surface area contributed by atoms with Gasteiger partial charge in [0.2, 0.25) is 0 Å². The maximum Gasteiger partial charge on any atom is 0.328 e. The van der Waals surface area contributed by atoms with Gasteiger partial charge in [0, 0.05) is 24.4 Å². The van der Waals surface area contributed by atoms with Crippen molar-refractivity contribution in [1.29, 1.82) is 0 Å². The molecule has 0 aliphatic heterocycles. The number of pyridine rings is 1. The molecule has 0 saturated heterocycles. The van der Waals surface area contributed by atoms with Crippen molar-refractivity contribution in [1.82, 2.24) is 10.3 Å². The van der Waals surface area contributed by atoms with E-state index >= 15 is 0 Å². The second kappa shape index (κ2) is 5.65. The number of hydrogen-bond acceptors (Lipinski definition) is 3. The van der Waals surface area contributed by atoms with Gasteiger partial charge in [0.1, 0.15) is 5.69 Å². The molecule has 0 aliphatic carbocycles.